The Morgan fingerprint density at radius 1 is 1.18 bits per heavy atom. The zero-order valence-corrected chi connectivity index (χ0v) is 10.3. The first-order valence-corrected chi connectivity index (χ1v) is 5.44. The van der Waals surface area contributed by atoms with Gasteiger partial charge in [0.05, 0.1) is 18.4 Å². The zero-order chi connectivity index (χ0) is 13.6. The third kappa shape index (κ3) is 6.01. The van der Waals surface area contributed by atoms with Gasteiger partial charge in [0, 0.05) is 13.1 Å². The highest BCUT2D eigenvalue weighted by molar-refractivity contribution is 5.81. The van der Waals surface area contributed by atoms with Gasteiger partial charge in [0.15, 0.2) is 0 Å². The number of nitrogens with zero attached hydrogens (tertiary/aromatic N) is 1. The van der Waals surface area contributed by atoms with Crippen molar-refractivity contribution in [2.75, 3.05) is 13.1 Å². The summed E-state index contributed by atoms with van der Waals surface area (Å²) in [4.78, 5) is 34.1. The van der Waals surface area contributed by atoms with E-state index in [4.69, 9.17) is 10.2 Å². The molecular formula is C11H19NO5. The molecule has 2 N–H and O–H groups in total. The van der Waals surface area contributed by atoms with E-state index < -0.39 is 23.9 Å². The number of carboxylic acids is 2. The fourth-order valence-corrected chi connectivity index (χ4v) is 1.37. The Morgan fingerprint density at radius 3 is 2.06 bits per heavy atom. The van der Waals surface area contributed by atoms with Crippen LogP contribution in [-0.4, -0.2) is 52.0 Å². The van der Waals surface area contributed by atoms with Gasteiger partial charge < -0.3 is 10.2 Å². The van der Waals surface area contributed by atoms with E-state index in [2.05, 4.69) is 0 Å². The lowest BCUT2D eigenvalue weighted by Crippen LogP contribution is -2.43. The molecule has 0 aromatic heterocycles. The van der Waals surface area contributed by atoms with Crippen LogP contribution >= 0.6 is 0 Å². The van der Waals surface area contributed by atoms with Gasteiger partial charge in [-0.2, -0.15) is 0 Å². The molecule has 0 spiro atoms. The Labute approximate surface area is 100 Å². The number of carbonyl (C=O) groups excluding carboxylic acids is 1. The fourth-order valence-electron chi connectivity index (χ4n) is 1.37. The van der Waals surface area contributed by atoms with E-state index in [1.54, 1.807) is 11.8 Å². The van der Waals surface area contributed by atoms with Crippen LogP contribution < -0.4 is 0 Å². The lowest BCUT2D eigenvalue weighted by molar-refractivity contribution is -0.142. The van der Waals surface area contributed by atoms with Gasteiger partial charge >= 0.3 is 11.9 Å². The number of rotatable bonds is 8. The average molecular weight is 245 g/mol. The summed E-state index contributed by atoms with van der Waals surface area (Å²) in [7, 11) is 0. The molecule has 2 unspecified atom stereocenters. The van der Waals surface area contributed by atoms with Crippen molar-refractivity contribution in [1.29, 1.82) is 0 Å². The maximum atomic E-state index is 11.2. The van der Waals surface area contributed by atoms with Gasteiger partial charge in [-0.25, -0.2) is 0 Å². The SMILES string of the molecule is CC(=O)C(C)N(CCC(=O)O)CC(C)C(=O)O. The van der Waals surface area contributed by atoms with Crippen molar-refractivity contribution in [1.82, 2.24) is 4.90 Å². The second-order valence-corrected chi connectivity index (χ2v) is 4.16. The number of carboxylic acid groups (broad SMARTS) is 2. The Bertz CT molecular complexity index is 302. The van der Waals surface area contributed by atoms with E-state index in [9.17, 15) is 14.4 Å². The average Bonchev–Trinajstić information content (AvgIpc) is 2.22. The van der Waals surface area contributed by atoms with Crippen LogP contribution in [0.25, 0.3) is 0 Å². The number of hydrogen-bond donors (Lipinski definition) is 2. The lowest BCUT2D eigenvalue weighted by atomic mass is 10.1. The topological polar surface area (TPSA) is 94.9 Å². The largest absolute Gasteiger partial charge is 0.481 e. The first kappa shape index (κ1) is 15.6. The third-order valence-electron chi connectivity index (χ3n) is 2.68. The highest BCUT2D eigenvalue weighted by Crippen LogP contribution is 2.07. The number of ketones is 1. The molecule has 0 radical (unpaired) electrons. The number of Topliss-reactive ketones (excluding diaryl/α,β-unsaturated/α-hetero) is 1. The monoisotopic (exact) mass is 245 g/mol. The standard InChI is InChI=1S/C11H19NO5/c1-7(11(16)17)6-12(5-4-10(14)15)8(2)9(3)13/h7-8H,4-6H2,1-3H3,(H,14,15)(H,16,17). The van der Waals surface area contributed by atoms with Crippen molar-refractivity contribution in [3.8, 4) is 0 Å². The molecule has 0 fully saturated rings. The van der Waals surface area contributed by atoms with Gasteiger partial charge in [0.25, 0.3) is 0 Å². The highest BCUT2D eigenvalue weighted by Gasteiger charge is 2.23. The molecule has 0 saturated carbocycles. The summed E-state index contributed by atoms with van der Waals surface area (Å²) in [6, 6.07) is -0.462. The van der Waals surface area contributed by atoms with Gasteiger partial charge in [0.2, 0.25) is 0 Å². The maximum Gasteiger partial charge on any atom is 0.307 e. The number of carbonyl (C=O) groups is 3. The number of hydrogen-bond acceptors (Lipinski definition) is 4. The molecule has 0 heterocycles. The summed E-state index contributed by atoms with van der Waals surface area (Å²) in [6.07, 6.45) is -0.107. The fraction of sp³-hybridized carbons (Fsp3) is 0.727. The van der Waals surface area contributed by atoms with Crippen molar-refractivity contribution in [2.24, 2.45) is 5.92 Å². The van der Waals surface area contributed by atoms with Gasteiger partial charge in [-0.3, -0.25) is 19.3 Å². The highest BCUT2D eigenvalue weighted by atomic mass is 16.4. The van der Waals surface area contributed by atoms with Crippen molar-refractivity contribution in [3.63, 3.8) is 0 Å². The number of aliphatic carboxylic acids is 2. The first-order chi connectivity index (χ1) is 7.75. The molecule has 17 heavy (non-hydrogen) atoms. The van der Waals surface area contributed by atoms with E-state index in [0.29, 0.717) is 0 Å². The molecule has 0 aliphatic carbocycles. The molecule has 0 aromatic rings. The molecule has 0 aliphatic rings. The van der Waals surface area contributed by atoms with E-state index in [-0.39, 0.29) is 25.3 Å². The minimum absolute atomic E-state index is 0.104. The van der Waals surface area contributed by atoms with Gasteiger partial charge in [-0.1, -0.05) is 6.92 Å². The summed E-state index contributed by atoms with van der Waals surface area (Å²) >= 11 is 0. The van der Waals surface area contributed by atoms with Crippen molar-refractivity contribution >= 4 is 17.7 Å². The molecule has 98 valence electrons. The molecule has 0 bridgehead atoms. The molecule has 6 nitrogen and oxygen atoms in total. The summed E-state index contributed by atoms with van der Waals surface area (Å²) in [5, 5.41) is 17.4. The third-order valence-corrected chi connectivity index (χ3v) is 2.68. The molecule has 0 saturated heterocycles. The molecule has 0 aliphatic heterocycles. The Balaban J connectivity index is 4.55. The van der Waals surface area contributed by atoms with Gasteiger partial charge in [0.1, 0.15) is 5.78 Å². The Morgan fingerprint density at radius 2 is 1.71 bits per heavy atom. The van der Waals surface area contributed by atoms with Gasteiger partial charge in [-0.05, 0) is 13.8 Å². The zero-order valence-electron chi connectivity index (χ0n) is 10.3. The smallest absolute Gasteiger partial charge is 0.307 e. The van der Waals surface area contributed by atoms with E-state index >= 15 is 0 Å². The van der Waals surface area contributed by atoms with Crippen LogP contribution in [0.5, 0.6) is 0 Å². The first-order valence-electron chi connectivity index (χ1n) is 5.44. The van der Waals surface area contributed by atoms with Crippen molar-refractivity contribution in [3.05, 3.63) is 0 Å². The van der Waals surface area contributed by atoms with E-state index in [0.717, 1.165) is 0 Å². The minimum Gasteiger partial charge on any atom is -0.481 e. The Hall–Kier alpha value is -1.43. The molecule has 2 atom stereocenters. The summed E-state index contributed by atoms with van der Waals surface area (Å²) in [6.45, 7) is 4.93. The summed E-state index contributed by atoms with van der Waals surface area (Å²) < 4.78 is 0. The maximum absolute atomic E-state index is 11.2. The normalized spacial score (nSPS) is 14.4. The van der Waals surface area contributed by atoms with Crippen molar-refractivity contribution in [2.45, 2.75) is 33.2 Å². The second-order valence-electron chi connectivity index (χ2n) is 4.16. The summed E-state index contributed by atoms with van der Waals surface area (Å²) in [5.74, 6) is -2.66. The minimum atomic E-state index is -0.964. The predicted molar refractivity (Wildman–Crippen MR) is 60.8 cm³/mol. The van der Waals surface area contributed by atoms with Crippen molar-refractivity contribution < 1.29 is 24.6 Å². The van der Waals surface area contributed by atoms with Crippen LogP contribution in [0.15, 0.2) is 0 Å². The predicted octanol–water partition coefficient (Wildman–Crippen LogP) is 0.461. The van der Waals surface area contributed by atoms with E-state index in [1.165, 1.54) is 13.8 Å². The van der Waals surface area contributed by atoms with E-state index in [1.807, 2.05) is 0 Å². The molecule has 0 amide bonds. The molecular weight excluding hydrogens is 226 g/mol. The van der Waals surface area contributed by atoms with Crippen LogP contribution in [0.3, 0.4) is 0 Å². The van der Waals surface area contributed by atoms with Crippen LogP contribution in [-0.2, 0) is 14.4 Å². The second kappa shape index (κ2) is 7.01. The van der Waals surface area contributed by atoms with Crippen LogP contribution in [0.1, 0.15) is 27.2 Å². The van der Waals surface area contributed by atoms with Crippen LogP contribution in [0.2, 0.25) is 0 Å². The molecule has 0 aromatic carbocycles. The summed E-state index contributed by atoms with van der Waals surface area (Å²) in [5.41, 5.74) is 0. The Kier molecular flexibility index (Phi) is 6.42. The molecule has 0 rings (SSSR count). The lowest BCUT2D eigenvalue weighted by Gasteiger charge is -2.28. The molecule has 6 heteroatoms. The quantitative estimate of drug-likeness (QED) is 0.645. The van der Waals surface area contributed by atoms with Crippen LogP contribution in [0.4, 0.5) is 0 Å². The van der Waals surface area contributed by atoms with Gasteiger partial charge in [-0.15, -0.1) is 0 Å². The van der Waals surface area contributed by atoms with Crippen LogP contribution in [0, 0.1) is 5.92 Å².